The first-order valence-corrected chi connectivity index (χ1v) is 9.08. The Morgan fingerprint density at radius 1 is 0.933 bits per heavy atom. The summed E-state index contributed by atoms with van der Waals surface area (Å²) < 4.78 is 0.992. The van der Waals surface area contributed by atoms with E-state index in [0.717, 1.165) is 11.0 Å². The van der Waals surface area contributed by atoms with Crippen LogP contribution in [0.3, 0.4) is 0 Å². The summed E-state index contributed by atoms with van der Waals surface area (Å²) >= 11 is 0. The highest BCUT2D eigenvalue weighted by Gasteiger charge is 2.16. The Kier molecular flexibility index (Phi) is 3.41. The summed E-state index contributed by atoms with van der Waals surface area (Å²) in [6, 6.07) is 9.21. The molecule has 1 rings (SSSR count). The van der Waals surface area contributed by atoms with Gasteiger partial charge in [-0.3, -0.25) is 0 Å². The maximum absolute atomic E-state index is 2.39. The van der Waals surface area contributed by atoms with Gasteiger partial charge in [-0.1, -0.05) is 49.1 Å². The molecule has 1 nitrogen and oxygen atoms in total. The molecule has 0 aromatic heterocycles. The highest BCUT2D eigenvalue weighted by Crippen LogP contribution is 2.08. The van der Waals surface area contributed by atoms with E-state index in [1.807, 2.05) is 0 Å². The molecular formula is C13H24NSi+. The maximum Gasteiger partial charge on any atom is 0.104 e. The van der Waals surface area contributed by atoms with Crippen LogP contribution in [0.1, 0.15) is 5.56 Å². The fourth-order valence-corrected chi connectivity index (χ4v) is 2.82. The number of hydrogen-bond acceptors (Lipinski definition) is 0. The minimum Gasteiger partial charge on any atom is -0.327 e. The lowest BCUT2D eigenvalue weighted by Gasteiger charge is -2.24. The number of nitrogens with zero attached hydrogens (tertiary/aromatic N) is 1. The van der Waals surface area contributed by atoms with E-state index in [4.69, 9.17) is 0 Å². The van der Waals surface area contributed by atoms with E-state index in [9.17, 15) is 0 Å². The van der Waals surface area contributed by atoms with E-state index in [2.05, 4.69) is 65.0 Å². The molecule has 0 atom stereocenters. The molecule has 0 bridgehead atoms. The normalized spacial score (nSPS) is 12.9. The van der Waals surface area contributed by atoms with Gasteiger partial charge in [-0.25, -0.2) is 0 Å². The molecule has 0 aliphatic rings. The van der Waals surface area contributed by atoms with Crippen molar-refractivity contribution >= 4 is 13.3 Å². The second kappa shape index (κ2) is 4.10. The van der Waals surface area contributed by atoms with Crippen molar-refractivity contribution in [2.75, 3.05) is 21.1 Å². The van der Waals surface area contributed by atoms with Crippen LogP contribution in [0.15, 0.2) is 24.3 Å². The lowest BCUT2D eigenvalue weighted by molar-refractivity contribution is -0.884. The Morgan fingerprint density at radius 2 is 1.40 bits per heavy atom. The van der Waals surface area contributed by atoms with Crippen LogP contribution in [0.4, 0.5) is 0 Å². The summed E-state index contributed by atoms with van der Waals surface area (Å²) in [7, 11) is 5.57. The van der Waals surface area contributed by atoms with Crippen molar-refractivity contribution in [2.24, 2.45) is 0 Å². The molecule has 0 radical (unpaired) electrons. The Balaban J connectivity index is 2.82. The molecule has 2 heteroatoms. The zero-order chi connectivity index (χ0) is 11.7. The van der Waals surface area contributed by atoms with Gasteiger partial charge in [0.2, 0.25) is 0 Å². The van der Waals surface area contributed by atoms with Crippen molar-refractivity contribution < 1.29 is 4.48 Å². The van der Waals surface area contributed by atoms with Crippen molar-refractivity contribution in [2.45, 2.75) is 26.2 Å². The standard InChI is InChI=1S/C13H24NSi/c1-14(2,3)11-12-7-9-13(10-8-12)15(4,5)6/h7-10H,11H2,1-6H3/q+1. The number of rotatable bonds is 3. The summed E-state index contributed by atoms with van der Waals surface area (Å²) in [6.07, 6.45) is 0. The molecule has 0 aliphatic carbocycles. The van der Waals surface area contributed by atoms with Gasteiger partial charge in [0.1, 0.15) is 6.54 Å². The zero-order valence-corrected chi connectivity index (χ0v) is 12.0. The Bertz CT molecular complexity index is 314. The molecule has 0 fully saturated rings. The molecule has 0 aliphatic heterocycles. The van der Waals surface area contributed by atoms with Crippen LogP contribution in [0.25, 0.3) is 0 Å². The quantitative estimate of drug-likeness (QED) is 0.544. The lowest BCUT2D eigenvalue weighted by atomic mass is 10.2. The van der Waals surface area contributed by atoms with Gasteiger partial charge in [-0.2, -0.15) is 0 Å². The molecule has 1 aromatic carbocycles. The third kappa shape index (κ3) is 4.18. The van der Waals surface area contributed by atoms with Gasteiger partial charge >= 0.3 is 0 Å². The molecule has 15 heavy (non-hydrogen) atoms. The highest BCUT2D eigenvalue weighted by molar-refractivity contribution is 6.88. The van der Waals surface area contributed by atoms with Crippen LogP contribution < -0.4 is 5.19 Å². The van der Waals surface area contributed by atoms with Crippen LogP contribution in [0.2, 0.25) is 19.6 Å². The lowest BCUT2D eigenvalue weighted by Crippen LogP contribution is -2.38. The molecule has 1 aromatic rings. The number of benzene rings is 1. The molecule has 0 amide bonds. The van der Waals surface area contributed by atoms with Crippen molar-refractivity contribution in [3.05, 3.63) is 29.8 Å². The Hall–Kier alpha value is -0.603. The van der Waals surface area contributed by atoms with Crippen LogP contribution >= 0.6 is 0 Å². The number of quaternary nitrogens is 1. The summed E-state index contributed by atoms with van der Waals surface area (Å²) in [6.45, 7) is 8.28. The molecular weight excluding hydrogens is 198 g/mol. The Labute approximate surface area is 95.3 Å². The van der Waals surface area contributed by atoms with E-state index in [0.29, 0.717) is 0 Å². The fourth-order valence-electron chi connectivity index (χ4n) is 1.66. The van der Waals surface area contributed by atoms with E-state index in [1.165, 1.54) is 5.56 Å². The first kappa shape index (κ1) is 12.5. The van der Waals surface area contributed by atoms with Crippen LogP contribution in [-0.4, -0.2) is 33.7 Å². The summed E-state index contributed by atoms with van der Waals surface area (Å²) in [5, 5.41) is 1.55. The molecule has 0 saturated heterocycles. The van der Waals surface area contributed by atoms with Crippen molar-refractivity contribution in [3.63, 3.8) is 0 Å². The molecule has 0 spiro atoms. The summed E-state index contributed by atoms with van der Waals surface area (Å²) in [4.78, 5) is 0. The first-order chi connectivity index (χ1) is 6.68. The minimum absolute atomic E-state index is 0.992. The van der Waals surface area contributed by atoms with Gasteiger partial charge in [0.05, 0.1) is 29.2 Å². The average Bonchev–Trinajstić information content (AvgIpc) is 2.00. The van der Waals surface area contributed by atoms with Crippen molar-refractivity contribution in [1.82, 2.24) is 0 Å². The molecule has 0 unspecified atom stereocenters. The SMILES string of the molecule is C[N+](C)(C)Cc1ccc([Si](C)(C)C)cc1. The molecule has 0 saturated carbocycles. The van der Waals surface area contributed by atoms with Gasteiger partial charge in [0.25, 0.3) is 0 Å². The largest absolute Gasteiger partial charge is 0.327 e. The fraction of sp³-hybridized carbons (Fsp3) is 0.538. The Morgan fingerprint density at radius 3 is 1.73 bits per heavy atom. The predicted molar refractivity (Wildman–Crippen MR) is 71.2 cm³/mol. The van der Waals surface area contributed by atoms with Crippen molar-refractivity contribution in [1.29, 1.82) is 0 Å². The highest BCUT2D eigenvalue weighted by atomic mass is 28.3. The third-order valence-corrected chi connectivity index (χ3v) is 4.54. The van der Waals surface area contributed by atoms with Crippen LogP contribution in [0.5, 0.6) is 0 Å². The molecule has 0 heterocycles. The van der Waals surface area contributed by atoms with E-state index in [-0.39, 0.29) is 0 Å². The minimum atomic E-state index is -1.12. The molecule has 0 N–H and O–H groups in total. The van der Waals surface area contributed by atoms with Crippen LogP contribution in [0, 0.1) is 0 Å². The van der Waals surface area contributed by atoms with Gasteiger partial charge in [-0.05, 0) is 0 Å². The first-order valence-electron chi connectivity index (χ1n) is 5.58. The van der Waals surface area contributed by atoms with E-state index < -0.39 is 8.07 Å². The van der Waals surface area contributed by atoms with Gasteiger partial charge < -0.3 is 4.48 Å². The van der Waals surface area contributed by atoms with E-state index in [1.54, 1.807) is 5.19 Å². The second-order valence-electron chi connectivity index (χ2n) is 6.40. The number of hydrogen-bond donors (Lipinski definition) is 0. The topological polar surface area (TPSA) is 0 Å². The third-order valence-electron chi connectivity index (χ3n) is 2.48. The predicted octanol–water partition coefficient (Wildman–Crippen LogP) is 2.44. The zero-order valence-electron chi connectivity index (χ0n) is 11.0. The molecule has 84 valence electrons. The maximum atomic E-state index is 2.39. The van der Waals surface area contributed by atoms with Gasteiger partial charge in [-0.15, -0.1) is 0 Å². The average molecular weight is 222 g/mol. The monoisotopic (exact) mass is 222 g/mol. The van der Waals surface area contributed by atoms with Crippen molar-refractivity contribution in [3.8, 4) is 0 Å². The smallest absolute Gasteiger partial charge is 0.104 e. The second-order valence-corrected chi connectivity index (χ2v) is 11.5. The summed E-state index contributed by atoms with van der Waals surface area (Å²) in [5.74, 6) is 0. The van der Waals surface area contributed by atoms with Gasteiger partial charge in [0, 0.05) is 5.56 Å². The van der Waals surface area contributed by atoms with Gasteiger partial charge in [0.15, 0.2) is 0 Å². The van der Waals surface area contributed by atoms with Crippen LogP contribution in [-0.2, 0) is 6.54 Å². The summed E-state index contributed by atoms with van der Waals surface area (Å²) in [5.41, 5.74) is 1.43. The van der Waals surface area contributed by atoms with E-state index >= 15 is 0 Å².